The molecule has 0 unspecified atom stereocenters. The molecule has 5 nitrogen and oxygen atoms in total. The number of cyclic esters (lactones) is 1. The van der Waals surface area contributed by atoms with Gasteiger partial charge in [-0.15, -0.1) is 0 Å². The quantitative estimate of drug-likeness (QED) is 0.591. The van der Waals surface area contributed by atoms with Crippen LogP contribution < -0.4 is 9.47 Å². The Bertz CT molecular complexity index is 819. The molecule has 1 aromatic carbocycles. The van der Waals surface area contributed by atoms with Gasteiger partial charge in [0.25, 0.3) is 0 Å². The molecule has 4 aliphatic carbocycles. The molecule has 0 spiro atoms. The van der Waals surface area contributed by atoms with E-state index < -0.39 is 0 Å². The van der Waals surface area contributed by atoms with Gasteiger partial charge in [0.15, 0.2) is 17.2 Å². The number of carbonyl (C=O) groups is 1. The first-order chi connectivity index (χ1) is 13.1. The predicted octanol–water partition coefficient (Wildman–Crippen LogP) is 4.22. The summed E-state index contributed by atoms with van der Waals surface area (Å²) < 4.78 is 16.3. The van der Waals surface area contributed by atoms with E-state index in [2.05, 4.69) is 4.99 Å². The van der Waals surface area contributed by atoms with E-state index in [4.69, 9.17) is 14.2 Å². The fraction of sp³-hybridized carbons (Fsp3) is 0.545. The van der Waals surface area contributed by atoms with Crippen LogP contribution in [0.3, 0.4) is 0 Å². The second-order valence-electron chi connectivity index (χ2n) is 8.65. The predicted molar refractivity (Wildman–Crippen MR) is 102 cm³/mol. The first-order valence-electron chi connectivity index (χ1n) is 9.83. The van der Waals surface area contributed by atoms with Crippen molar-refractivity contribution in [2.75, 3.05) is 14.2 Å². The molecule has 0 amide bonds. The molecule has 27 heavy (non-hydrogen) atoms. The maximum atomic E-state index is 12.5. The molecule has 4 saturated carbocycles. The van der Waals surface area contributed by atoms with E-state index >= 15 is 0 Å². The van der Waals surface area contributed by atoms with Gasteiger partial charge >= 0.3 is 5.97 Å². The minimum atomic E-state index is -0.337. The molecule has 0 saturated heterocycles. The van der Waals surface area contributed by atoms with E-state index in [9.17, 15) is 4.79 Å². The van der Waals surface area contributed by atoms with Crippen LogP contribution in [0.15, 0.2) is 28.9 Å². The lowest BCUT2D eigenvalue weighted by atomic mass is 9.49. The Balaban J connectivity index is 1.46. The number of hydrogen-bond acceptors (Lipinski definition) is 5. The molecule has 5 aliphatic rings. The van der Waals surface area contributed by atoms with Gasteiger partial charge in [0.05, 0.1) is 14.2 Å². The van der Waals surface area contributed by atoms with Gasteiger partial charge in [0.1, 0.15) is 0 Å². The van der Waals surface area contributed by atoms with E-state index in [1.807, 2.05) is 18.2 Å². The average Bonchev–Trinajstić information content (AvgIpc) is 3.02. The van der Waals surface area contributed by atoms with E-state index in [-0.39, 0.29) is 11.4 Å². The molecule has 0 aromatic heterocycles. The fourth-order valence-electron chi connectivity index (χ4n) is 6.11. The summed E-state index contributed by atoms with van der Waals surface area (Å²) in [7, 11) is 3.20. The largest absolute Gasteiger partial charge is 0.493 e. The van der Waals surface area contributed by atoms with Crippen LogP contribution in [0.4, 0.5) is 0 Å². The number of nitrogens with zero attached hydrogens (tertiary/aromatic N) is 1. The van der Waals surface area contributed by atoms with Gasteiger partial charge < -0.3 is 14.2 Å². The normalized spacial score (nSPS) is 35.3. The highest BCUT2D eigenvalue weighted by molar-refractivity contribution is 6.09. The Morgan fingerprint density at radius 1 is 1.04 bits per heavy atom. The molecule has 0 atom stereocenters. The lowest BCUT2D eigenvalue weighted by molar-refractivity contribution is -0.131. The third-order valence-electron chi connectivity index (χ3n) is 6.82. The summed E-state index contributed by atoms with van der Waals surface area (Å²) in [6.07, 6.45) is 9.24. The number of hydrogen-bond donors (Lipinski definition) is 0. The molecular formula is C22H25NO4. The molecule has 0 radical (unpaired) electrons. The number of methoxy groups -OCH3 is 2. The molecule has 5 heteroatoms. The number of ether oxygens (including phenoxy) is 3. The molecule has 6 rings (SSSR count). The van der Waals surface area contributed by atoms with Crippen molar-refractivity contribution in [2.45, 2.75) is 38.5 Å². The molecular weight excluding hydrogens is 342 g/mol. The minimum Gasteiger partial charge on any atom is -0.493 e. The van der Waals surface area contributed by atoms with Crippen LogP contribution in [0.25, 0.3) is 6.08 Å². The van der Waals surface area contributed by atoms with Gasteiger partial charge in [0.2, 0.25) is 5.90 Å². The highest BCUT2D eigenvalue weighted by Crippen LogP contribution is 2.61. The molecule has 0 N–H and O–H groups in total. The van der Waals surface area contributed by atoms with Gasteiger partial charge in [-0.25, -0.2) is 9.79 Å². The standard InChI is InChI=1S/C22H25NO4/c1-25-18-4-3-13(9-19(18)26-2)8-17-20(24)27-21(23-17)22-10-14-5-15(11-22)7-16(6-14)12-22/h3-4,8-9,14-16H,5-7,10-12H2,1-2H3/b17-8+. The third-order valence-corrected chi connectivity index (χ3v) is 6.82. The summed E-state index contributed by atoms with van der Waals surface area (Å²) in [6, 6.07) is 5.56. The molecule has 4 bridgehead atoms. The second-order valence-corrected chi connectivity index (χ2v) is 8.65. The van der Waals surface area contributed by atoms with Crippen LogP contribution in [0.1, 0.15) is 44.1 Å². The minimum absolute atomic E-state index is 0.00238. The second kappa shape index (κ2) is 6.11. The zero-order chi connectivity index (χ0) is 18.6. The van der Waals surface area contributed by atoms with Crippen LogP contribution >= 0.6 is 0 Å². The number of esters is 1. The first-order valence-corrected chi connectivity index (χ1v) is 9.83. The molecule has 1 aliphatic heterocycles. The third kappa shape index (κ3) is 2.75. The average molecular weight is 367 g/mol. The van der Waals surface area contributed by atoms with E-state index in [1.165, 1.54) is 19.3 Å². The Kier molecular flexibility index (Phi) is 3.81. The zero-order valence-electron chi connectivity index (χ0n) is 15.9. The van der Waals surface area contributed by atoms with E-state index in [0.29, 0.717) is 23.1 Å². The van der Waals surface area contributed by atoms with Crippen molar-refractivity contribution in [2.24, 2.45) is 28.2 Å². The maximum Gasteiger partial charge on any atom is 0.363 e. The Morgan fingerprint density at radius 2 is 1.67 bits per heavy atom. The van der Waals surface area contributed by atoms with Gasteiger partial charge in [-0.3, -0.25) is 0 Å². The van der Waals surface area contributed by atoms with Gasteiger partial charge in [0, 0.05) is 5.41 Å². The van der Waals surface area contributed by atoms with E-state index in [0.717, 1.165) is 42.6 Å². The Labute approximate surface area is 159 Å². The molecule has 1 aromatic rings. The fourth-order valence-corrected chi connectivity index (χ4v) is 6.11. The van der Waals surface area contributed by atoms with Crippen LogP contribution in [0, 0.1) is 23.2 Å². The lowest BCUT2D eigenvalue weighted by Gasteiger charge is -2.55. The number of rotatable bonds is 4. The molecule has 142 valence electrons. The Morgan fingerprint density at radius 3 is 2.26 bits per heavy atom. The van der Waals surface area contributed by atoms with Gasteiger partial charge in [-0.05, 0) is 80.1 Å². The summed E-state index contributed by atoms with van der Waals surface area (Å²) in [5.74, 6) is 3.99. The number of aliphatic imine (C=N–C) groups is 1. The highest BCUT2D eigenvalue weighted by atomic mass is 16.6. The monoisotopic (exact) mass is 367 g/mol. The summed E-state index contributed by atoms with van der Waals surface area (Å²) >= 11 is 0. The summed E-state index contributed by atoms with van der Waals surface area (Å²) in [6.45, 7) is 0. The van der Waals surface area contributed by atoms with Crippen molar-refractivity contribution in [3.8, 4) is 11.5 Å². The summed E-state index contributed by atoms with van der Waals surface area (Å²) in [5.41, 5.74) is 1.22. The van der Waals surface area contributed by atoms with Gasteiger partial charge in [-0.1, -0.05) is 6.07 Å². The van der Waals surface area contributed by atoms with Crippen molar-refractivity contribution in [1.29, 1.82) is 0 Å². The summed E-state index contributed by atoms with van der Waals surface area (Å²) in [5, 5.41) is 0. The molecule has 4 fully saturated rings. The molecule has 1 heterocycles. The Hall–Kier alpha value is -2.30. The lowest BCUT2D eigenvalue weighted by Crippen LogP contribution is -2.50. The van der Waals surface area contributed by atoms with Crippen molar-refractivity contribution in [3.63, 3.8) is 0 Å². The highest BCUT2D eigenvalue weighted by Gasteiger charge is 2.55. The summed E-state index contributed by atoms with van der Waals surface area (Å²) in [4.78, 5) is 17.2. The van der Waals surface area contributed by atoms with Crippen LogP contribution in [-0.4, -0.2) is 26.1 Å². The van der Waals surface area contributed by atoms with Gasteiger partial charge in [-0.2, -0.15) is 0 Å². The van der Waals surface area contributed by atoms with Crippen LogP contribution in [-0.2, 0) is 9.53 Å². The van der Waals surface area contributed by atoms with Crippen LogP contribution in [0.2, 0.25) is 0 Å². The number of carbonyl (C=O) groups excluding carboxylic acids is 1. The topological polar surface area (TPSA) is 57.1 Å². The number of benzene rings is 1. The van der Waals surface area contributed by atoms with Crippen molar-refractivity contribution in [1.82, 2.24) is 0 Å². The first kappa shape index (κ1) is 16.8. The SMILES string of the molecule is COc1ccc(/C=C2/N=C(C34CC5CC(CC(C5)C3)C4)OC2=O)cc1OC. The smallest absolute Gasteiger partial charge is 0.363 e. The maximum absolute atomic E-state index is 12.5. The van der Waals surface area contributed by atoms with Crippen molar-refractivity contribution in [3.05, 3.63) is 29.5 Å². The van der Waals surface area contributed by atoms with Crippen molar-refractivity contribution >= 4 is 17.9 Å². The zero-order valence-corrected chi connectivity index (χ0v) is 15.9. The van der Waals surface area contributed by atoms with E-state index in [1.54, 1.807) is 20.3 Å². The van der Waals surface area contributed by atoms with Crippen molar-refractivity contribution < 1.29 is 19.0 Å². The van der Waals surface area contributed by atoms with Crippen LogP contribution in [0.5, 0.6) is 11.5 Å².